The van der Waals surface area contributed by atoms with Crippen LogP contribution in [-0.2, 0) is 4.74 Å². The van der Waals surface area contributed by atoms with E-state index in [1.165, 1.54) is 0 Å². The number of nitrogens with one attached hydrogen (secondary N) is 1. The van der Waals surface area contributed by atoms with Crippen molar-refractivity contribution < 1.29 is 9.53 Å². The van der Waals surface area contributed by atoms with Gasteiger partial charge in [-0.15, -0.1) is 0 Å². The van der Waals surface area contributed by atoms with Crippen LogP contribution in [0.15, 0.2) is 18.2 Å². The van der Waals surface area contributed by atoms with Gasteiger partial charge < -0.3 is 10.1 Å². The van der Waals surface area contributed by atoms with E-state index in [2.05, 4.69) is 34.8 Å². The number of ether oxygens (including phenoxy) is 1. The lowest BCUT2D eigenvalue weighted by molar-refractivity contribution is 0.0238. The second-order valence-corrected chi connectivity index (χ2v) is 6.83. The monoisotopic (exact) mass is 393 g/mol. The predicted molar refractivity (Wildman–Crippen MR) is 84.7 cm³/mol. The minimum atomic E-state index is -0.0559. The Kier molecular flexibility index (Phi) is 5.09. The van der Waals surface area contributed by atoms with Crippen molar-refractivity contribution in [3.63, 3.8) is 0 Å². The molecule has 1 saturated heterocycles. The Morgan fingerprint density at radius 1 is 1.47 bits per heavy atom. The summed E-state index contributed by atoms with van der Waals surface area (Å²) in [6, 6.07) is 5.36. The average Bonchev–Trinajstić information content (AvgIpc) is 2.40. The van der Waals surface area contributed by atoms with E-state index in [0.29, 0.717) is 17.1 Å². The van der Waals surface area contributed by atoms with Crippen molar-refractivity contribution in [2.24, 2.45) is 5.41 Å². The highest BCUT2D eigenvalue weighted by Gasteiger charge is 2.28. The van der Waals surface area contributed by atoms with Gasteiger partial charge in [-0.25, -0.2) is 0 Å². The van der Waals surface area contributed by atoms with Crippen molar-refractivity contribution >= 4 is 40.1 Å². The maximum Gasteiger partial charge on any atom is 0.252 e. The Labute approximate surface area is 132 Å². The highest BCUT2D eigenvalue weighted by atomic mass is 127. The molecule has 0 bridgehead atoms. The van der Waals surface area contributed by atoms with E-state index in [9.17, 15) is 4.79 Å². The Bertz CT molecular complexity index is 473. The quantitative estimate of drug-likeness (QED) is 0.798. The highest BCUT2D eigenvalue weighted by Crippen LogP contribution is 2.29. The van der Waals surface area contributed by atoms with E-state index in [-0.39, 0.29) is 11.3 Å². The Balaban J connectivity index is 1.99. The van der Waals surface area contributed by atoms with Crippen LogP contribution >= 0.6 is 34.2 Å². The Morgan fingerprint density at radius 2 is 2.16 bits per heavy atom. The van der Waals surface area contributed by atoms with Gasteiger partial charge in [0.1, 0.15) is 0 Å². The Morgan fingerprint density at radius 3 is 2.84 bits per heavy atom. The van der Waals surface area contributed by atoms with E-state index < -0.39 is 0 Å². The van der Waals surface area contributed by atoms with Gasteiger partial charge in [-0.1, -0.05) is 18.5 Å². The molecule has 1 amide bonds. The molecule has 1 heterocycles. The molecular formula is C14H17ClINO2. The molecule has 0 atom stereocenters. The van der Waals surface area contributed by atoms with Crippen LogP contribution in [0.1, 0.15) is 30.1 Å². The summed E-state index contributed by atoms with van der Waals surface area (Å²) in [5.41, 5.74) is 0.779. The molecule has 0 saturated carbocycles. The van der Waals surface area contributed by atoms with E-state index in [0.717, 1.165) is 29.6 Å². The van der Waals surface area contributed by atoms with Crippen LogP contribution in [0.25, 0.3) is 0 Å². The molecule has 5 heteroatoms. The van der Waals surface area contributed by atoms with Crippen LogP contribution in [0.5, 0.6) is 0 Å². The standard InChI is InChI=1S/C14H17ClINO2/c1-14(4-6-19-7-5-14)9-17-13(18)11-8-10(15)2-3-12(11)16/h2-3,8H,4-7,9H2,1H3,(H,17,18). The lowest BCUT2D eigenvalue weighted by Gasteiger charge is -2.33. The normalized spacial score (nSPS) is 18.1. The molecule has 19 heavy (non-hydrogen) atoms. The summed E-state index contributed by atoms with van der Waals surface area (Å²) < 4.78 is 6.27. The number of carbonyl (C=O) groups is 1. The van der Waals surface area contributed by atoms with Crippen LogP contribution in [-0.4, -0.2) is 25.7 Å². The molecule has 0 aliphatic carbocycles. The molecule has 1 aliphatic heterocycles. The molecule has 1 N–H and O–H groups in total. The van der Waals surface area contributed by atoms with Gasteiger partial charge in [0.15, 0.2) is 0 Å². The largest absolute Gasteiger partial charge is 0.381 e. The van der Waals surface area contributed by atoms with E-state index in [4.69, 9.17) is 16.3 Å². The summed E-state index contributed by atoms with van der Waals surface area (Å²) in [7, 11) is 0. The minimum absolute atomic E-state index is 0.0559. The summed E-state index contributed by atoms with van der Waals surface area (Å²) >= 11 is 8.09. The van der Waals surface area contributed by atoms with Crippen LogP contribution in [0.3, 0.4) is 0 Å². The van der Waals surface area contributed by atoms with Crippen molar-refractivity contribution in [2.45, 2.75) is 19.8 Å². The summed E-state index contributed by atoms with van der Waals surface area (Å²) in [4.78, 5) is 12.2. The third-order valence-corrected chi connectivity index (χ3v) is 4.72. The fraction of sp³-hybridized carbons (Fsp3) is 0.500. The highest BCUT2D eigenvalue weighted by molar-refractivity contribution is 14.1. The first-order valence-corrected chi connectivity index (χ1v) is 7.77. The SMILES string of the molecule is CC1(CNC(=O)c2cc(Cl)ccc2I)CCOCC1. The Hall–Kier alpha value is -0.330. The summed E-state index contributed by atoms with van der Waals surface area (Å²) in [6.07, 6.45) is 1.97. The molecule has 3 nitrogen and oxygen atoms in total. The van der Waals surface area contributed by atoms with E-state index >= 15 is 0 Å². The number of benzene rings is 1. The van der Waals surface area contributed by atoms with Crippen LogP contribution in [0.4, 0.5) is 0 Å². The number of amides is 1. The number of hydrogen-bond acceptors (Lipinski definition) is 2. The second-order valence-electron chi connectivity index (χ2n) is 5.23. The maximum atomic E-state index is 12.2. The molecule has 1 fully saturated rings. The molecule has 0 radical (unpaired) electrons. The number of rotatable bonds is 3. The fourth-order valence-electron chi connectivity index (χ4n) is 2.10. The third kappa shape index (κ3) is 4.07. The van der Waals surface area contributed by atoms with Gasteiger partial charge in [0.2, 0.25) is 0 Å². The molecule has 1 aromatic carbocycles. The molecular weight excluding hydrogens is 377 g/mol. The van der Waals surface area contributed by atoms with Crippen molar-refractivity contribution in [2.75, 3.05) is 19.8 Å². The van der Waals surface area contributed by atoms with Crippen molar-refractivity contribution in [3.8, 4) is 0 Å². The van der Waals surface area contributed by atoms with Crippen molar-refractivity contribution in [1.29, 1.82) is 0 Å². The van der Waals surface area contributed by atoms with Crippen LogP contribution in [0, 0.1) is 8.99 Å². The predicted octanol–water partition coefficient (Wildman–Crippen LogP) is 3.49. The van der Waals surface area contributed by atoms with Gasteiger partial charge in [0.05, 0.1) is 5.56 Å². The first-order chi connectivity index (χ1) is 9.00. The lowest BCUT2D eigenvalue weighted by Crippen LogP contribution is -2.39. The summed E-state index contributed by atoms with van der Waals surface area (Å²) in [5.74, 6) is -0.0559. The lowest BCUT2D eigenvalue weighted by atomic mass is 9.82. The molecule has 1 aromatic rings. The van der Waals surface area contributed by atoms with Gasteiger partial charge in [0, 0.05) is 28.4 Å². The van der Waals surface area contributed by atoms with Crippen LogP contribution in [0.2, 0.25) is 5.02 Å². The molecule has 0 aromatic heterocycles. The zero-order valence-corrected chi connectivity index (χ0v) is 13.8. The maximum absolute atomic E-state index is 12.2. The first-order valence-electron chi connectivity index (χ1n) is 6.31. The molecule has 0 spiro atoms. The molecule has 0 unspecified atom stereocenters. The number of halogens is 2. The smallest absolute Gasteiger partial charge is 0.252 e. The average molecular weight is 394 g/mol. The summed E-state index contributed by atoms with van der Waals surface area (Å²) in [5, 5.41) is 3.61. The summed E-state index contributed by atoms with van der Waals surface area (Å²) in [6.45, 7) is 4.43. The van der Waals surface area contributed by atoms with Crippen molar-refractivity contribution in [1.82, 2.24) is 5.32 Å². The first kappa shape index (κ1) is 15.1. The molecule has 2 rings (SSSR count). The van der Waals surface area contributed by atoms with Gasteiger partial charge >= 0.3 is 0 Å². The van der Waals surface area contributed by atoms with Gasteiger partial charge in [-0.3, -0.25) is 4.79 Å². The topological polar surface area (TPSA) is 38.3 Å². The second kappa shape index (κ2) is 6.41. The number of carbonyl (C=O) groups excluding carboxylic acids is 1. The molecule has 1 aliphatic rings. The van der Waals surface area contributed by atoms with E-state index in [1.807, 2.05) is 6.07 Å². The fourth-order valence-corrected chi connectivity index (χ4v) is 2.85. The van der Waals surface area contributed by atoms with Crippen LogP contribution < -0.4 is 5.32 Å². The van der Waals surface area contributed by atoms with Gasteiger partial charge in [0.25, 0.3) is 5.91 Å². The zero-order valence-electron chi connectivity index (χ0n) is 10.8. The van der Waals surface area contributed by atoms with Crippen molar-refractivity contribution in [3.05, 3.63) is 32.4 Å². The minimum Gasteiger partial charge on any atom is -0.381 e. The third-order valence-electron chi connectivity index (χ3n) is 3.55. The van der Waals surface area contributed by atoms with Gasteiger partial charge in [-0.2, -0.15) is 0 Å². The number of hydrogen-bond donors (Lipinski definition) is 1. The van der Waals surface area contributed by atoms with Gasteiger partial charge in [-0.05, 0) is 59.0 Å². The molecule has 104 valence electrons. The van der Waals surface area contributed by atoms with E-state index in [1.54, 1.807) is 12.1 Å². The zero-order chi connectivity index (χ0) is 13.9.